The van der Waals surface area contributed by atoms with Crippen molar-refractivity contribution in [1.82, 2.24) is 14.9 Å². The molecule has 1 spiro atoms. The molecule has 4 nitrogen and oxygen atoms in total. The van der Waals surface area contributed by atoms with Crippen molar-refractivity contribution >= 4 is 5.82 Å². The predicted molar refractivity (Wildman–Crippen MR) is 92.2 cm³/mol. The highest BCUT2D eigenvalue weighted by Gasteiger charge is 2.41. The molecule has 0 aliphatic carbocycles. The Labute approximate surface area is 142 Å². The fourth-order valence-corrected chi connectivity index (χ4v) is 4.23. The highest BCUT2D eigenvalue weighted by Crippen LogP contribution is 2.40. The van der Waals surface area contributed by atoms with E-state index in [1.54, 1.807) is 24.5 Å². The van der Waals surface area contributed by atoms with Crippen molar-refractivity contribution in [2.45, 2.75) is 25.8 Å². The number of nitrogens with zero attached hydrogens (tertiary/aromatic N) is 4. The van der Waals surface area contributed by atoms with E-state index in [4.69, 9.17) is 0 Å². The molecule has 5 heteroatoms. The third-order valence-electron chi connectivity index (χ3n) is 5.40. The minimum Gasteiger partial charge on any atom is -0.355 e. The molecule has 0 saturated carbocycles. The molecule has 2 aliphatic rings. The summed E-state index contributed by atoms with van der Waals surface area (Å²) in [6, 6.07) is 7.13. The third-order valence-corrected chi connectivity index (χ3v) is 5.40. The molecule has 0 bridgehead atoms. The van der Waals surface area contributed by atoms with E-state index in [-0.39, 0.29) is 5.82 Å². The molecule has 24 heavy (non-hydrogen) atoms. The van der Waals surface area contributed by atoms with Crippen molar-refractivity contribution in [2.75, 3.05) is 31.1 Å². The van der Waals surface area contributed by atoms with Gasteiger partial charge in [0.25, 0.3) is 0 Å². The molecule has 126 valence electrons. The number of hydrogen-bond acceptors (Lipinski definition) is 4. The van der Waals surface area contributed by atoms with Crippen LogP contribution in [0.4, 0.5) is 10.2 Å². The summed E-state index contributed by atoms with van der Waals surface area (Å²) in [7, 11) is 0. The summed E-state index contributed by atoms with van der Waals surface area (Å²) < 4.78 is 13.9. The third kappa shape index (κ3) is 3.13. The fourth-order valence-electron chi connectivity index (χ4n) is 4.23. The van der Waals surface area contributed by atoms with Crippen LogP contribution >= 0.6 is 0 Å². The minimum absolute atomic E-state index is 0.0928. The van der Waals surface area contributed by atoms with Crippen LogP contribution in [0.3, 0.4) is 0 Å². The van der Waals surface area contributed by atoms with Crippen molar-refractivity contribution in [3.63, 3.8) is 0 Å². The Morgan fingerprint density at radius 3 is 2.83 bits per heavy atom. The molecule has 1 aromatic carbocycles. The molecule has 0 N–H and O–H groups in total. The van der Waals surface area contributed by atoms with E-state index < -0.39 is 0 Å². The van der Waals surface area contributed by atoms with Crippen LogP contribution in [0.25, 0.3) is 0 Å². The monoisotopic (exact) mass is 326 g/mol. The van der Waals surface area contributed by atoms with Crippen LogP contribution in [0.2, 0.25) is 0 Å². The molecule has 2 saturated heterocycles. The second kappa shape index (κ2) is 6.48. The normalized spacial score (nSPS) is 24.6. The zero-order valence-corrected chi connectivity index (χ0v) is 13.9. The van der Waals surface area contributed by atoms with E-state index in [1.807, 2.05) is 18.3 Å². The van der Waals surface area contributed by atoms with Crippen LogP contribution in [0, 0.1) is 11.2 Å². The Kier molecular flexibility index (Phi) is 4.19. The van der Waals surface area contributed by atoms with Crippen LogP contribution in [0.15, 0.2) is 42.9 Å². The first-order valence-corrected chi connectivity index (χ1v) is 8.71. The maximum Gasteiger partial charge on any atom is 0.147 e. The van der Waals surface area contributed by atoms with Crippen molar-refractivity contribution in [3.8, 4) is 0 Å². The van der Waals surface area contributed by atoms with Gasteiger partial charge >= 0.3 is 0 Å². The zero-order valence-electron chi connectivity index (χ0n) is 13.9. The first-order chi connectivity index (χ1) is 11.7. The predicted octanol–water partition coefficient (Wildman–Crippen LogP) is 3.11. The average Bonchev–Trinajstić information content (AvgIpc) is 3.01. The summed E-state index contributed by atoms with van der Waals surface area (Å²) in [6.07, 6.45) is 8.92. The molecule has 3 heterocycles. The SMILES string of the molecule is Fc1ccccc1CN1CCC[C@]2(CCN(c3cnccn3)C2)C1. The molecule has 0 amide bonds. The van der Waals surface area contributed by atoms with E-state index in [2.05, 4.69) is 19.8 Å². The number of halogens is 1. The van der Waals surface area contributed by atoms with Gasteiger partial charge in [-0.2, -0.15) is 0 Å². The summed E-state index contributed by atoms with van der Waals surface area (Å²) in [5.41, 5.74) is 1.11. The largest absolute Gasteiger partial charge is 0.355 e. The van der Waals surface area contributed by atoms with Gasteiger partial charge in [0.1, 0.15) is 11.6 Å². The number of piperidine rings is 1. The second-order valence-electron chi connectivity index (χ2n) is 7.14. The zero-order chi connectivity index (χ0) is 16.4. The number of likely N-dealkylation sites (tertiary alicyclic amines) is 1. The number of benzene rings is 1. The van der Waals surface area contributed by atoms with Gasteiger partial charge in [-0.05, 0) is 31.9 Å². The molecular weight excluding hydrogens is 303 g/mol. The summed E-state index contributed by atoms with van der Waals surface area (Å²) >= 11 is 0. The molecule has 1 aromatic heterocycles. The maximum absolute atomic E-state index is 13.9. The lowest BCUT2D eigenvalue weighted by atomic mass is 9.79. The molecule has 2 fully saturated rings. The van der Waals surface area contributed by atoms with Gasteiger partial charge in [-0.15, -0.1) is 0 Å². The fraction of sp³-hybridized carbons (Fsp3) is 0.474. The van der Waals surface area contributed by atoms with E-state index in [0.29, 0.717) is 12.0 Å². The lowest BCUT2D eigenvalue weighted by Crippen LogP contribution is -2.44. The minimum atomic E-state index is -0.0928. The highest BCUT2D eigenvalue weighted by molar-refractivity contribution is 5.37. The first-order valence-electron chi connectivity index (χ1n) is 8.71. The number of aromatic nitrogens is 2. The summed E-state index contributed by atoms with van der Waals surface area (Å²) in [5, 5.41) is 0. The Morgan fingerprint density at radius 2 is 2.00 bits per heavy atom. The average molecular weight is 326 g/mol. The van der Waals surface area contributed by atoms with E-state index in [9.17, 15) is 4.39 Å². The van der Waals surface area contributed by atoms with Crippen molar-refractivity contribution in [1.29, 1.82) is 0 Å². The first kappa shape index (κ1) is 15.5. The highest BCUT2D eigenvalue weighted by atomic mass is 19.1. The van der Waals surface area contributed by atoms with Crippen LogP contribution in [0.5, 0.6) is 0 Å². The van der Waals surface area contributed by atoms with E-state index >= 15 is 0 Å². The Hall–Kier alpha value is -2.01. The lowest BCUT2D eigenvalue weighted by molar-refractivity contribution is 0.0982. The van der Waals surface area contributed by atoms with Gasteiger partial charge in [-0.25, -0.2) is 9.37 Å². The summed E-state index contributed by atoms with van der Waals surface area (Å²) in [6.45, 7) is 4.87. The van der Waals surface area contributed by atoms with Gasteiger partial charge in [0, 0.05) is 49.6 Å². The van der Waals surface area contributed by atoms with Gasteiger partial charge < -0.3 is 4.90 Å². The van der Waals surface area contributed by atoms with Gasteiger partial charge in [0.15, 0.2) is 0 Å². The topological polar surface area (TPSA) is 32.3 Å². The van der Waals surface area contributed by atoms with Crippen molar-refractivity contribution < 1.29 is 4.39 Å². The number of hydrogen-bond donors (Lipinski definition) is 0. The molecule has 2 aliphatic heterocycles. The van der Waals surface area contributed by atoms with Crippen molar-refractivity contribution in [3.05, 3.63) is 54.2 Å². The molecule has 1 atom stereocenters. The standard InChI is InChI=1S/C19H23FN4/c20-17-5-2-1-4-16(17)13-23-10-3-6-19(14-23)7-11-24(15-19)18-12-21-8-9-22-18/h1-2,4-5,8-9,12H,3,6-7,10-11,13-15H2/t19-/m0/s1. The Morgan fingerprint density at radius 1 is 1.08 bits per heavy atom. The van der Waals surface area contributed by atoms with Gasteiger partial charge in [-0.3, -0.25) is 9.88 Å². The van der Waals surface area contributed by atoms with Crippen molar-refractivity contribution in [2.24, 2.45) is 5.41 Å². The molecule has 0 radical (unpaired) electrons. The van der Waals surface area contributed by atoms with Gasteiger partial charge in [-0.1, -0.05) is 18.2 Å². The van der Waals surface area contributed by atoms with Gasteiger partial charge in [0.05, 0.1) is 6.20 Å². The summed E-state index contributed by atoms with van der Waals surface area (Å²) in [5.74, 6) is 0.880. The second-order valence-corrected chi connectivity index (χ2v) is 7.14. The lowest BCUT2D eigenvalue weighted by Gasteiger charge is -2.40. The molecule has 2 aromatic rings. The van der Waals surface area contributed by atoms with E-state index in [1.165, 1.54) is 19.3 Å². The summed E-state index contributed by atoms with van der Waals surface area (Å²) in [4.78, 5) is 13.4. The van der Waals surface area contributed by atoms with Crippen LogP contribution in [-0.4, -0.2) is 41.0 Å². The smallest absolute Gasteiger partial charge is 0.147 e. The number of rotatable bonds is 3. The van der Waals surface area contributed by atoms with Gasteiger partial charge in [0.2, 0.25) is 0 Å². The molecular formula is C19H23FN4. The van der Waals surface area contributed by atoms with Crippen LogP contribution in [0.1, 0.15) is 24.8 Å². The Balaban J connectivity index is 1.44. The number of anilines is 1. The maximum atomic E-state index is 13.9. The quantitative estimate of drug-likeness (QED) is 0.867. The van der Waals surface area contributed by atoms with Crippen LogP contribution in [-0.2, 0) is 6.54 Å². The molecule has 4 rings (SSSR count). The molecule has 0 unspecified atom stereocenters. The Bertz CT molecular complexity index is 693. The van der Waals surface area contributed by atoms with Crippen LogP contribution < -0.4 is 4.90 Å². The van der Waals surface area contributed by atoms with E-state index in [0.717, 1.165) is 37.6 Å².